The molecule has 0 aromatic heterocycles. The zero-order valence-corrected chi connectivity index (χ0v) is 7.19. The molecule has 60 valence electrons. The lowest BCUT2D eigenvalue weighted by atomic mass is 10.1. The number of unbranched alkanes of at least 4 members (excludes halogenated alkanes) is 2. The van der Waals surface area contributed by atoms with Gasteiger partial charge in [0.25, 0.3) is 0 Å². The van der Waals surface area contributed by atoms with E-state index < -0.39 is 0 Å². The van der Waals surface area contributed by atoms with Crippen LogP contribution < -0.4 is 5.73 Å². The van der Waals surface area contributed by atoms with Crippen molar-refractivity contribution in [2.75, 3.05) is 0 Å². The summed E-state index contributed by atoms with van der Waals surface area (Å²) < 4.78 is 0. The van der Waals surface area contributed by atoms with Crippen molar-refractivity contribution < 1.29 is 0 Å². The smallest absolute Gasteiger partial charge is 0.00706 e. The van der Waals surface area contributed by atoms with E-state index in [0.29, 0.717) is 0 Å². The standard InChI is InChI=1S/C9H19N/c1-3-5-6-7-9(4-2)8-10/h8H,3-7,10H2,1-2H3/b9-8+. The minimum absolute atomic E-state index is 1.11. The summed E-state index contributed by atoms with van der Waals surface area (Å²) in [4.78, 5) is 0. The maximum atomic E-state index is 5.40. The fraction of sp³-hybridized carbons (Fsp3) is 0.778. The Balaban J connectivity index is 3.27. The van der Waals surface area contributed by atoms with Crippen molar-refractivity contribution >= 4 is 0 Å². The molecule has 0 aromatic rings. The summed E-state index contributed by atoms with van der Waals surface area (Å²) in [5, 5.41) is 0. The molecule has 0 aliphatic heterocycles. The second-order valence-corrected chi connectivity index (χ2v) is 2.64. The highest BCUT2D eigenvalue weighted by molar-refractivity contribution is 4.97. The SMILES string of the molecule is CCCCC/C(=C/N)CC. The van der Waals surface area contributed by atoms with Crippen LogP contribution in [0.1, 0.15) is 46.0 Å². The predicted octanol–water partition coefficient (Wildman–Crippen LogP) is 2.82. The zero-order valence-electron chi connectivity index (χ0n) is 7.19. The van der Waals surface area contributed by atoms with E-state index in [-0.39, 0.29) is 0 Å². The first-order valence-electron chi connectivity index (χ1n) is 4.24. The molecule has 0 unspecified atom stereocenters. The van der Waals surface area contributed by atoms with Gasteiger partial charge >= 0.3 is 0 Å². The minimum Gasteiger partial charge on any atom is -0.405 e. The Bertz CT molecular complexity index is 94.9. The van der Waals surface area contributed by atoms with Crippen molar-refractivity contribution in [3.63, 3.8) is 0 Å². The van der Waals surface area contributed by atoms with Crippen molar-refractivity contribution in [2.45, 2.75) is 46.0 Å². The Morgan fingerprint density at radius 1 is 1.30 bits per heavy atom. The molecular formula is C9H19N. The average molecular weight is 141 g/mol. The molecule has 0 aromatic carbocycles. The van der Waals surface area contributed by atoms with Gasteiger partial charge in [-0.1, -0.05) is 32.3 Å². The van der Waals surface area contributed by atoms with E-state index >= 15 is 0 Å². The van der Waals surface area contributed by atoms with Gasteiger partial charge in [-0.25, -0.2) is 0 Å². The van der Waals surface area contributed by atoms with Gasteiger partial charge in [0.2, 0.25) is 0 Å². The van der Waals surface area contributed by atoms with Crippen LogP contribution >= 0.6 is 0 Å². The van der Waals surface area contributed by atoms with Crippen molar-refractivity contribution in [3.8, 4) is 0 Å². The quantitative estimate of drug-likeness (QED) is 0.585. The van der Waals surface area contributed by atoms with Gasteiger partial charge in [0.1, 0.15) is 0 Å². The Morgan fingerprint density at radius 2 is 2.00 bits per heavy atom. The van der Waals surface area contributed by atoms with E-state index in [1.54, 1.807) is 6.20 Å². The summed E-state index contributed by atoms with van der Waals surface area (Å²) >= 11 is 0. The van der Waals surface area contributed by atoms with E-state index in [2.05, 4.69) is 13.8 Å². The summed E-state index contributed by atoms with van der Waals surface area (Å²) in [6.45, 7) is 4.38. The van der Waals surface area contributed by atoms with E-state index in [4.69, 9.17) is 5.73 Å². The van der Waals surface area contributed by atoms with Gasteiger partial charge in [0.15, 0.2) is 0 Å². The number of hydrogen-bond acceptors (Lipinski definition) is 1. The Kier molecular flexibility index (Phi) is 6.35. The van der Waals surface area contributed by atoms with Gasteiger partial charge in [-0.2, -0.15) is 0 Å². The first kappa shape index (κ1) is 9.54. The molecule has 0 rings (SSSR count). The highest BCUT2D eigenvalue weighted by Crippen LogP contribution is 2.10. The lowest BCUT2D eigenvalue weighted by molar-refractivity contribution is 0.701. The molecule has 0 fully saturated rings. The summed E-state index contributed by atoms with van der Waals surface area (Å²) in [7, 11) is 0. The molecule has 0 saturated carbocycles. The zero-order chi connectivity index (χ0) is 7.82. The molecule has 0 atom stereocenters. The molecule has 0 aliphatic carbocycles. The van der Waals surface area contributed by atoms with E-state index in [1.807, 2.05) is 0 Å². The molecule has 2 N–H and O–H groups in total. The number of rotatable bonds is 5. The van der Waals surface area contributed by atoms with Crippen LogP contribution in [0.4, 0.5) is 0 Å². The Labute approximate surface area is 64.3 Å². The van der Waals surface area contributed by atoms with Crippen LogP contribution in [0.3, 0.4) is 0 Å². The Morgan fingerprint density at radius 3 is 2.40 bits per heavy atom. The molecule has 0 heterocycles. The third-order valence-corrected chi connectivity index (χ3v) is 1.79. The fourth-order valence-electron chi connectivity index (χ4n) is 0.980. The number of allylic oxidation sites excluding steroid dienone is 1. The third kappa shape index (κ3) is 4.42. The first-order chi connectivity index (χ1) is 4.85. The number of hydrogen-bond donors (Lipinski definition) is 1. The monoisotopic (exact) mass is 141 g/mol. The topological polar surface area (TPSA) is 26.0 Å². The number of nitrogens with two attached hydrogens (primary N) is 1. The van der Waals surface area contributed by atoms with Gasteiger partial charge in [-0.15, -0.1) is 0 Å². The molecule has 1 nitrogen and oxygen atoms in total. The second kappa shape index (κ2) is 6.66. The van der Waals surface area contributed by atoms with Crippen molar-refractivity contribution in [1.82, 2.24) is 0 Å². The van der Waals surface area contributed by atoms with Crippen molar-refractivity contribution in [1.29, 1.82) is 0 Å². The maximum absolute atomic E-state index is 5.40. The molecule has 0 bridgehead atoms. The van der Waals surface area contributed by atoms with Crippen LogP contribution in [-0.2, 0) is 0 Å². The minimum atomic E-state index is 1.11. The van der Waals surface area contributed by atoms with E-state index in [0.717, 1.165) is 6.42 Å². The third-order valence-electron chi connectivity index (χ3n) is 1.79. The molecule has 0 saturated heterocycles. The van der Waals surface area contributed by atoms with Gasteiger partial charge in [-0.3, -0.25) is 0 Å². The van der Waals surface area contributed by atoms with Crippen LogP contribution in [0.15, 0.2) is 11.8 Å². The van der Waals surface area contributed by atoms with E-state index in [1.165, 1.54) is 31.3 Å². The highest BCUT2D eigenvalue weighted by atomic mass is 14.5. The average Bonchev–Trinajstić information content (AvgIpc) is 1.99. The van der Waals surface area contributed by atoms with Gasteiger partial charge < -0.3 is 5.73 Å². The summed E-state index contributed by atoms with van der Waals surface area (Å²) in [5.41, 5.74) is 6.80. The van der Waals surface area contributed by atoms with Crippen LogP contribution in [0.5, 0.6) is 0 Å². The summed E-state index contributed by atoms with van der Waals surface area (Å²) in [5.74, 6) is 0. The summed E-state index contributed by atoms with van der Waals surface area (Å²) in [6, 6.07) is 0. The largest absolute Gasteiger partial charge is 0.405 e. The predicted molar refractivity (Wildman–Crippen MR) is 46.7 cm³/mol. The molecular weight excluding hydrogens is 122 g/mol. The van der Waals surface area contributed by atoms with Crippen LogP contribution in [0.2, 0.25) is 0 Å². The molecule has 0 aliphatic rings. The first-order valence-corrected chi connectivity index (χ1v) is 4.24. The lowest BCUT2D eigenvalue weighted by Gasteiger charge is -2.00. The van der Waals surface area contributed by atoms with Gasteiger partial charge in [0, 0.05) is 0 Å². The maximum Gasteiger partial charge on any atom is -0.00706 e. The fourth-order valence-corrected chi connectivity index (χ4v) is 0.980. The van der Waals surface area contributed by atoms with E-state index in [9.17, 15) is 0 Å². The highest BCUT2D eigenvalue weighted by Gasteiger charge is 1.91. The van der Waals surface area contributed by atoms with Crippen molar-refractivity contribution in [2.24, 2.45) is 5.73 Å². The van der Waals surface area contributed by atoms with Gasteiger partial charge in [-0.05, 0) is 25.5 Å². The summed E-state index contributed by atoms with van der Waals surface area (Å²) in [6.07, 6.45) is 7.99. The van der Waals surface area contributed by atoms with Crippen molar-refractivity contribution in [3.05, 3.63) is 11.8 Å². The van der Waals surface area contributed by atoms with Gasteiger partial charge in [0.05, 0.1) is 0 Å². The molecule has 10 heavy (non-hydrogen) atoms. The van der Waals surface area contributed by atoms with Crippen LogP contribution in [0.25, 0.3) is 0 Å². The molecule has 1 heteroatoms. The lowest BCUT2D eigenvalue weighted by Crippen LogP contribution is -1.88. The van der Waals surface area contributed by atoms with Crippen LogP contribution in [0, 0.1) is 0 Å². The molecule has 0 radical (unpaired) electrons. The second-order valence-electron chi connectivity index (χ2n) is 2.64. The molecule has 0 amide bonds. The normalized spacial score (nSPS) is 12.0. The van der Waals surface area contributed by atoms with Crippen LogP contribution in [-0.4, -0.2) is 0 Å². The molecule has 0 spiro atoms. The Hall–Kier alpha value is -0.460.